The van der Waals surface area contributed by atoms with E-state index in [-0.39, 0.29) is 0 Å². The largest absolute Gasteiger partial charge is 0.240 e. The van der Waals surface area contributed by atoms with Crippen LogP contribution in [0, 0.1) is 11.3 Å². The molecule has 2 aromatic carbocycles. The van der Waals surface area contributed by atoms with Crippen molar-refractivity contribution in [3.05, 3.63) is 59.7 Å². The van der Waals surface area contributed by atoms with Gasteiger partial charge < -0.3 is 0 Å². The molecule has 1 heterocycles. The molecule has 0 N–H and O–H groups in total. The topological polar surface area (TPSA) is 54.5 Å². The molecule has 0 atom stereocenters. The molecule has 1 aromatic heterocycles. The number of hydrogen-bond donors (Lipinski definition) is 0. The highest BCUT2D eigenvalue weighted by Crippen LogP contribution is 2.15. The number of aromatic nitrogens is 3. The first kappa shape index (κ1) is 11.4. The summed E-state index contributed by atoms with van der Waals surface area (Å²) in [5.74, 6) is 0. The highest BCUT2D eigenvalue weighted by atomic mass is 15.4. The van der Waals surface area contributed by atoms with Gasteiger partial charge in [-0.1, -0.05) is 41.6 Å². The van der Waals surface area contributed by atoms with Crippen LogP contribution in [0.1, 0.15) is 11.1 Å². The average molecular weight is 248 g/mol. The van der Waals surface area contributed by atoms with E-state index in [1.165, 1.54) is 0 Å². The van der Waals surface area contributed by atoms with Crippen LogP contribution in [0.5, 0.6) is 0 Å². The first-order valence-electron chi connectivity index (χ1n) is 6.10. The van der Waals surface area contributed by atoms with E-state index in [1.807, 2.05) is 53.2 Å². The Morgan fingerprint density at radius 1 is 1.00 bits per heavy atom. The van der Waals surface area contributed by atoms with Gasteiger partial charge in [0.05, 0.1) is 24.6 Å². The Labute approximate surface area is 110 Å². The van der Waals surface area contributed by atoms with Crippen molar-refractivity contribution in [2.24, 2.45) is 0 Å². The highest BCUT2D eigenvalue weighted by molar-refractivity contribution is 5.73. The Morgan fingerprint density at radius 3 is 2.58 bits per heavy atom. The van der Waals surface area contributed by atoms with Gasteiger partial charge in [0.1, 0.15) is 5.52 Å². The summed E-state index contributed by atoms with van der Waals surface area (Å²) in [6.07, 6.45) is 0.419. The lowest BCUT2D eigenvalue weighted by atomic mass is 10.1. The zero-order valence-corrected chi connectivity index (χ0v) is 10.3. The number of nitrogens with zero attached hydrogens (tertiary/aromatic N) is 4. The van der Waals surface area contributed by atoms with Crippen LogP contribution in [0.4, 0.5) is 0 Å². The fourth-order valence-corrected chi connectivity index (χ4v) is 2.16. The zero-order chi connectivity index (χ0) is 13.1. The molecule has 3 aromatic rings. The molecule has 0 radical (unpaired) electrons. The number of hydrogen-bond acceptors (Lipinski definition) is 3. The maximum atomic E-state index is 8.86. The van der Waals surface area contributed by atoms with Gasteiger partial charge in [0.25, 0.3) is 0 Å². The standard InChI is InChI=1S/C15H12N4/c16-10-9-12-5-1-2-6-13(12)11-19-15-8-4-3-7-14(15)17-18-19/h1-8H,9,11H2. The molecule has 0 fully saturated rings. The summed E-state index contributed by atoms with van der Waals surface area (Å²) < 4.78 is 1.87. The van der Waals surface area contributed by atoms with Gasteiger partial charge in [-0.15, -0.1) is 5.10 Å². The molecule has 0 aliphatic heterocycles. The summed E-state index contributed by atoms with van der Waals surface area (Å²) in [6, 6.07) is 18.0. The number of benzene rings is 2. The lowest BCUT2D eigenvalue weighted by Crippen LogP contribution is -2.04. The Bertz CT molecular complexity index is 752. The highest BCUT2D eigenvalue weighted by Gasteiger charge is 2.06. The fraction of sp³-hybridized carbons (Fsp3) is 0.133. The molecule has 0 saturated carbocycles. The van der Waals surface area contributed by atoms with Crippen molar-refractivity contribution in [1.29, 1.82) is 5.26 Å². The summed E-state index contributed by atoms with van der Waals surface area (Å²) in [5, 5.41) is 17.2. The average Bonchev–Trinajstić information content (AvgIpc) is 2.85. The van der Waals surface area contributed by atoms with E-state index in [0.29, 0.717) is 13.0 Å². The second kappa shape index (κ2) is 4.91. The summed E-state index contributed by atoms with van der Waals surface area (Å²) in [4.78, 5) is 0. The Hall–Kier alpha value is -2.67. The Balaban J connectivity index is 2.00. The molecular weight excluding hydrogens is 236 g/mol. The van der Waals surface area contributed by atoms with Crippen LogP contribution in [-0.2, 0) is 13.0 Å². The van der Waals surface area contributed by atoms with E-state index in [4.69, 9.17) is 5.26 Å². The van der Waals surface area contributed by atoms with Crippen LogP contribution in [-0.4, -0.2) is 15.0 Å². The molecule has 4 nitrogen and oxygen atoms in total. The maximum Gasteiger partial charge on any atom is 0.113 e. The van der Waals surface area contributed by atoms with Gasteiger partial charge in [-0.25, -0.2) is 4.68 Å². The quantitative estimate of drug-likeness (QED) is 0.715. The van der Waals surface area contributed by atoms with Crippen molar-refractivity contribution in [2.45, 2.75) is 13.0 Å². The smallest absolute Gasteiger partial charge is 0.113 e. The van der Waals surface area contributed by atoms with Crippen molar-refractivity contribution in [2.75, 3.05) is 0 Å². The monoisotopic (exact) mass is 248 g/mol. The SMILES string of the molecule is N#CCc1ccccc1Cn1nnc2ccccc21. The maximum absolute atomic E-state index is 8.86. The second-order valence-corrected chi connectivity index (χ2v) is 4.34. The molecule has 0 amide bonds. The van der Waals surface area contributed by atoms with E-state index in [0.717, 1.165) is 22.2 Å². The van der Waals surface area contributed by atoms with Crippen molar-refractivity contribution in [3.63, 3.8) is 0 Å². The minimum Gasteiger partial charge on any atom is -0.240 e. The Kier molecular flexibility index (Phi) is 2.95. The van der Waals surface area contributed by atoms with E-state index >= 15 is 0 Å². The van der Waals surface area contributed by atoms with Gasteiger partial charge in [-0.2, -0.15) is 5.26 Å². The minimum atomic E-state index is 0.419. The van der Waals surface area contributed by atoms with Crippen molar-refractivity contribution < 1.29 is 0 Å². The molecule has 92 valence electrons. The summed E-state index contributed by atoms with van der Waals surface area (Å²) >= 11 is 0. The van der Waals surface area contributed by atoms with Crippen LogP contribution in [0.2, 0.25) is 0 Å². The van der Waals surface area contributed by atoms with Crippen molar-refractivity contribution in [1.82, 2.24) is 15.0 Å². The summed E-state index contributed by atoms with van der Waals surface area (Å²) in [7, 11) is 0. The third kappa shape index (κ3) is 2.18. The van der Waals surface area contributed by atoms with E-state index in [1.54, 1.807) is 0 Å². The number of nitriles is 1. The molecule has 3 rings (SSSR count). The summed E-state index contributed by atoms with van der Waals surface area (Å²) in [5.41, 5.74) is 4.05. The van der Waals surface area contributed by atoms with Crippen LogP contribution in [0.15, 0.2) is 48.5 Å². The normalized spacial score (nSPS) is 10.5. The Morgan fingerprint density at radius 2 is 1.74 bits per heavy atom. The molecule has 0 spiro atoms. The summed E-state index contributed by atoms with van der Waals surface area (Å²) in [6.45, 7) is 0.637. The lowest BCUT2D eigenvalue weighted by Gasteiger charge is -2.07. The molecule has 0 unspecified atom stereocenters. The molecule has 4 heteroatoms. The minimum absolute atomic E-state index is 0.419. The van der Waals surface area contributed by atoms with E-state index in [9.17, 15) is 0 Å². The van der Waals surface area contributed by atoms with Crippen LogP contribution < -0.4 is 0 Å². The van der Waals surface area contributed by atoms with Crippen LogP contribution in [0.25, 0.3) is 11.0 Å². The van der Waals surface area contributed by atoms with Gasteiger partial charge in [0.15, 0.2) is 0 Å². The van der Waals surface area contributed by atoms with Gasteiger partial charge in [-0.3, -0.25) is 0 Å². The van der Waals surface area contributed by atoms with Gasteiger partial charge in [0, 0.05) is 0 Å². The van der Waals surface area contributed by atoms with Crippen molar-refractivity contribution in [3.8, 4) is 6.07 Å². The van der Waals surface area contributed by atoms with Gasteiger partial charge in [0.2, 0.25) is 0 Å². The molecular formula is C15H12N4. The predicted octanol–water partition coefficient (Wildman–Crippen LogP) is 2.55. The van der Waals surface area contributed by atoms with Crippen LogP contribution in [0.3, 0.4) is 0 Å². The second-order valence-electron chi connectivity index (χ2n) is 4.34. The third-order valence-electron chi connectivity index (χ3n) is 3.13. The number of para-hydroxylation sites is 1. The molecule has 0 aliphatic carbocycles. The molecule has 0 aliphatic rings. The van der Waals surface area contributed by atoms with Gasteiger partial charge >= 0.3 is 0 Å². The molecule has 19 heavy (non-hydrogen) atoms. The number of fused-ring (bicyclic) bond motifs is 1. The van der Waals surface area contributed by atoms with E-state index < -0.39 is 0 Å². The third-order valence-corrected chi connectivity index (χ3v) is 3.13. The zero-order valence-electron chi connectivity index (χ0n) is 10.3. The van der Waals surface area contributed by atoms with Crippen molar-refractivity contribution >= 4 is 11.0 Å². The predicted molar refractivity (Wildman–Crippen MR) is 72.4 cm³/mol. The number of rotatable bonds is 3. The van der Waals surface area contributed by atoms with Gasteiger partial charge in [-0.05, 0) is 23.3 Å². The first-order valence-corrected chi connectivity index (χ1v) is 6.10. The fourth-order valence-electron chi connectivity index (χ4n) is 2.16. The molecule has 0 bridgehead atoms. The molecule has 0 saturated heterocycles. The lowest BCUT2D eigenvalue weighted by molar-refractivity contribution is 0.666. The first-order chi connectivity index (χ1) is 9.38. The van der Waals surface area contributed by atoms with Crippen LogP contribution >= 0.6 is 0 Å². The van der Waals surface area contributed by atoms with E-state index in [2.05, 4.69) is 16.4 Å².